The fraction of sp³-hybridized carbons (Fsp3) is 0.0833. The van der Waals surface area contributed by atoms with Crippen molar-refractivity contribution >= 4 is 43.9 Å². The van der Waals surface area contributed by atoms with Crippen LogP contribution in [0.1, 0.15) is 12.5 Å². The summed E-state index contributed by atoms with van der Waals surface area (Å²) in [5.41, 5.74) is 2.13. The highest BCUT2D eigenvalue weighted by Crippen LogP contribution is 2.30. The van der Waals surface area contributed by atoms with E-state index in [2.05, 4.69) is 27.5 Å². The minimum Gasteiger partial charge on any atom is -0.244 e. The van der Waals surface area contributed by atoms with Gasteiger partial charge in [0, 0.05) is 16.1 Å². The summed E-state index contributed by atoms with van der Waals surface area (Å²) < 4.78 is 1.02. The first-order valence-electron chi connectivity index (χ1n) is 4.49. The smallest absolute Gasteiger partial charge is 0.129 e. The van der Waals surface area contributed by atoms with Gasteiger partial charge in [-0.05, 0) is 30.0 Å². The van der Waals surface area contributed by atoms with Gasteiger partial charge in [-0.15, -0.1) is 0 Å². The minimum absolute atomic E-state index is 0.503. The number of allylic oxidation sites excluding steroid dienone is 1. The molecule has 0 radical (unpaired) electrons. The standard InChI is InChI=1S/C12H9BrClN/c1-7(2)8-3-4-11(13)10-6-15-12(14)5-9(8)10/h3-6H,1H2,2H3. The van der Waals surface area contributed by atoms with Crippen molar-refractivity contribution < 1.29 is 0 Å². The number of rotatable bonds is 1. The van der Waals surface area contributed by atoms with Crippen LogP contribution in [0.2, 0.25) is 5.15 Å². The quantitative estimate of drug-likeness (QED) is 0.692. The van der Waals surface area contributed by atoms with Gasteiger partial charge < -0.3 is 0 Å². The molecule has 76 valence electrons. The first-order valence-corrected chi connectivity index (χ1v) is 5.66. The summed E-state index contributed by atoms with van der Waals surface area (Å²) >= 11 is 9.38. The normalized spacial score (nSPS) is 10.6. The maximum atomic E-state index is 5.89. The molecule has 0 aliphatic carbocycles. The Morgan fingerprint density at radius 1 is 1.40 bits per heavy atom. The summed E-state index contributed by atoms with van der Waals surface area (Å²) in [4.78, 5) is 4.07. The molecular formula is C12H9BrClN. The summed E-state index contributed by atoms with van der Waals surface area (Å²) in [6.45, 7) is 5.94. The fourth-order valence-electron chi connectivity index (χ4n) is 1.55. The van der Waals surface area contributed by atoms with E-state index >= 15 is 0 Å². The van der Waals surface area contributed by atoms with E-state index in [1.54, 1.807) is 6.20 Å². The van der Waals surface area contributed by atoms with Gasteiger partial charge in [0.25, 0.3) is 0 Å². The molecule has 0 spiro atoms. The Morgan fingerprint density at radius 2 is 2.13 bits per heavy atom. The first kappa shape index (κ1) is 10.7. The Hall–Kier alpha value is -0.860. The van der Waals surface area contributed by atoms with Crippen molar-refractivity contribution in [3.05, 3.63) is 46.2 Å². The molecule has 0 aliphatic heterocycles. The second kappa shape index (κ2) is 3.95. The van der Waals surface area contributed by atoms with Gasteiger partial charge in [0.1, 0.15) is 5.15 Å². The number of benzene rings is 1. The lowest BCUT2D eigenvalue weighted by molar-refractivity contribution is 1.36. The average Bonchev–Trinajstić information content (AvgIpc) is 2.17. The average molecular weight is 283 g/mol. The lowest BCUT2D eigenvalue weighted by Gasteiger charge is -2.07. The van der Waals surface area contributed by atoms with E-state index in [1.807, 2.05) is 25.1 Å². The molecule has 0 fully saturated rings. The molecule has 0 aliphatic rings. The Balaban J connectivity index is 2.90. The molecule has 0 bridgehead atoms. The fourth-order valence-corrected chi connectivity index (χ4v) is 2.16. The maximum absolute atomic E-state index is 5.89. The van der Waals surface area contributed by atoms with Gasteiger partial charge in [0.2, 0.25) is 0 Å². The zero-order valence-electron chi connectivity index (χ0n) is 8.22. The van der Waals surface area contributed by atoms with Gasteiger partial charge in [-0.2, -0.15) is 0 Å². The monoisotopic (exact) mass is 281 g/mol. The van der Waals surface area contributed by atoms with E-state index in [1.165, 1.54) is 0 Å². The third-order valence-electron chi connectivity index (χ3n) is 2.27. The summed E-state index contributed by atoms with van der Waals surface area (Å²) in [6.07, 6.45) is 1.77. The molecule has 0 saturated carbocycles. The Labute approximate surface area is 102 Å². The number of nitrogens with zero attached hydrogens (tertiary/aromatic N) is 1. The Morgan fingerprint density at radius 3 is 2.80 bits per heavy atom. The minimum atomic E-state index is 0.503. The highest BCUT2D eigenvalue weighted by atomic mass is 79.9. The molecule has 0 unspecified atom stereocenters. The van der Waals surface area contributed by atoms with Crippen molar-refractivity contribution in [3.63, 3.8) is 0 Å². The van der Waals surface area contributed by atoms with Crippen molar-refractivity contribution in [2.24, 2.45) is 0 Å². The molecule has 0 atom stereocenters. The SMILES string of the molecule is C=C(C)c1ccc(Br)c2cnc(Cl)cc12. The summed E-state index contributed by atoms with van der Waals surface area (Å²) in [5.74, 6) is 0. The molecule has 2 rings (SSSR count). The third kappa shape index (κ3) is 1.92. The highest BCUT2D eigenvalue weighted by Gasteiger charge is 2.06. The van der Waals surface area contributed by atoms with Crippen molar-refractivity contribution in [1.29, 1.82) is 0 Å². The van der Waals surface area contributed by atoms with E-state index < -0.39 is 0 Å². The lowest BCUT2D eigenvalue weighted by atomic mass is 10.0. The Kier molecular flexibility index (Phi) is 2.81. The number of fused-ring (bicyclic) bond motifs is 1. The zero-order valence-corrected chi connectivity index (χ0v) is 10.6. The van der Waals surface area contributed by atoms with Crippen LogP contribution in [0, 0.1) is 0 Å². The van der Waals surface area contributed by atoms with Crippen LogP contribution in [0.25, 0.3) is 16.3 Å². The van der Waals surface area contributed by atoms with Gasteiger partial charge in [-0.25, -0.2) is 4.98 Å². The van der Waals surface area contributed by atoms with Crippen LogP contribution in [0.3, 0.4) is 0 Å². The maximum Gasteiger partial charge on any atom is 0.129 e. The van der Waals surface area contributed by atoms with Crippen molar-refractivity contribution in [1.82, 2.24) is 4.98 Å². The van der Waals surface area contributed by atoms with Crippen molar-refractivity contribution in [3.8, 4) is 0 Å². The van der Waals surface area contributed by atoms with Gasteiger partial charge in [0.15, 0.2) is 0 Å². The molecule has 1 aromatic carbocycles. The van der Waals surface area contributed by atoms with Gasteiger partial charge in [-0.1, -0.05) is 45.7 Å². The van der Waals surface area contributed by atoms with Gasteiger partial charge >= 0.3 is 0 Å². The van der Waals surface area contributed by atoms with E-state index in [9.17, 15) is 0 Å². The molecule has 0 N–H and O–H groups in total. The summed E-state index contributed by atoms with van der Waals surface area (Å²) in [5, 5.41) is 2.64. The molecule has 3 heteroatoms. The molecule has 1 aromatic heterocycles. The predicted molar refractivity (Wildman–Crippen MR) is 69.2 cm³/mol. The highest BCUT2D eigenvalue weighted by molar-refractivity contribution is 9.10. The molecule has 0 saturated heterocycles. The zero-order chi connectivity index (χ0) is 11.0. The predicted octanol–water partition coefficient (Wildman–Crippen LogP) is 4.68. The molecule has 15 heavy (non-hydrogen) atoms. The van der Waals surface area contributed by atoms with Crippen LogP contribution >= 0.6 is 27.5 Å². The number of hydrogen-bond acceptors (Lipinski definition) is 1. The van der Waals surface area contributed by atoms with Crippen molar-refractivity contribution in [2.75, 3.05) is 0 Å². The summed E-state index contributed by atoms with van der Waals surface area (Å²) in [7, 11) is 0. The number of aromatic nitrogens is 1. The molecule has 0 amide bonds. The van der Waals surface area contributed by atoms with Crippen LogP contribution < -0.4 is 0 Å². The van der Waals surface area contributed by atoms with Crippen LogP contribution in [0.15, 0.2) is 35.4 Å². The summed E-state index contributed by atoms with van der Waals surface area (Å²) in [6, 6.07) is 5.90. The van der Waals surface area contributed by atoms with E-state index in [-0.39, 0.29) is 0 Å². The first-order chi connectivity index (χ1) is 7.09. The van der Waals surface area contributed by atoms with Crippen LogP contribution in [-0.4, -0.2) is 4.98 Å². The number of halogens is 2. The van der Waals surface area contributed by atoms with Gasteiger partial charge in [-0.3, -0.25) is 0 Å². The van der Waals surface area contributed by atoms with Crippen molar-refractivity contribution in [2.45, 2.75) is 6.92 Å². The molecule has 1 nitrogen and oxygen atoms in total. The Bertz CT molecular complexity index is 549. The molecule has 2 aromatic rings. The topological polar surface area (TPSA) is 12.9 Å². The van der Waals surface area contributed by atoms with Crippen LogP contribution in [0.5, 0.6) is 0 Å². The van der Waals surface area contributed by atoms with E-state index in [0.717, 1.165) is 26.4 Å². The van der Waals surface area contributed by atoms with E-state index in [4.69, 9.17) is 11.6 Å². The molecular weight excluding hydrogens is 273 g/mol. The number of pyridine rings is 1. The van der Waals surface area contributed by atoms with E-state index in [0.29, 0.717) is 5.15 Å². The second-order valence-electron chi connectivity index (χ2n) is 3.43. The number of hydrogen-bond donors (Lipinski definition) is 0. The van der Waals surface area contributed by atoms with Crippen LogP contribution in [0.4, 0.5) is 0 Å². The largest absolute Gasteiger partial charge is 0.244 e. The third-order valence-corrected chi connectivity index (χ3v) is 3.17. The molecule has 1 heterocycles. The lowest BCUT2D eigenvalue weighted by Crippen LogP contribution is -1.85. The second-order valence-corrected chi connectivity index (χ2v) is 4.67. The van der Waals surface area contributed by atoms with Crippen LogP contribution in [-0.2, 0) is 0 Å². The van der Waals surface area contributed by atoms with Gasteiger partial charge in [0.05, 0.1) is 0 Å².